The summed E-state index contributed by atoms with van der Waals surface area (Å²) in [7, 11) is 0. The maximum atomic E-state index is 12.8. The van der Waals surface area contributed by atoms with Crippen LogP contribution in [0.2, 0.25) is 0 Å². The molecule has 0 aliphatic carbocycles. The standard InChI is InChI=1S/C18H20N2O3S/c1-12-11-24-17-15(12)16(22)20(10-13(2)21)18(23)19(17)9-8-14-6-4-3-5-7-14/h3-7,11,13,21H,8-10H2,1-2H3/t13-/m0/s1. The van der Waals surface area contributed by atoms with Gasteiger partial charge in [0.1, 0.15) is 4.83 Å². The maximum Gasteiger partial charge on any atom is 0.332 e. The van der Waals surface area contributed by atoms with Crippen molar-refractivity contribution in [1.29, 1.82) is 0 Å². The molecule has 0 aliphatic rings. The van der Waals surface area contributed by atoms with E-state index in [1.807, 2.05) is 42.6 Å². The molecule has 1 aromatic carbocycles. The second-order valence-electron chi connectivity index (χ2n) is 6.03. The number of rotatable bonds is 5. The summed E-state index contributed by atoms with van der Waals surface area (Å²) in [6.07, 6.45) is -0.0472. The van der Waals surface area contributed by atoms with Gasteiger partial charge in [-0.05, 0) is 36.8 Å². The minimum atomic E-state index is -0.755. The van der Waals surface area contributed by atoms with E-state index < -0.39 is 6.10 Å². The van der Waals surface area contributed by atoms with Crippen LogP contribution in [-0.2, 0) is 19.5 Å². The lowest BCUT2D eigenvalue weighted by molar-refractivity contribution is 0.169. The largest absolute Gasteiger partial charge is 0.392 e. The summed E-state index contributed by atoms with van der Waals surface area (Å²) in [5.41, 5.74) is 1.34. The van der Waals surface area contributed by atoms with Gasteiger partial charge in [0.2, 0.25) is 0 Å². The van der Waals surface area contributed by atoms with Crippen LogP contribution >= 0.6 is 11.3 Å². The van der Waals surface area contributed by atoms with Crippen LogP contribution < -0.4 is 11.2 Å². The van der Waals surface area contributed by atoms with E-state index in [-0.39, 0.29) is 17.8 Å². The number of hydrogen-bond acceptors (Lipinski definition) is 4. The number of aliphatic hydroxyl groups excluding tert-OH is 1. The predicted molar refractivity (Wildman–Crippen MR) is 96.9 cm³/mol. The van der Waals surface area contributed by atoms with E-state index in [2.05, 4.69) is 0 Å². The number of nitrogens with zero attached hydrogens (tertiary/aromatic N) is 2. The van der Waals surface area contributed by atoms with E-state index in [1.54, 1.807) is 11.5 Å². The molecule has 2 aromatic heterocycles. The predicted octanol–water partition coefficient (Wildman–Crippen LogP) is 2.16. The zero-order valence-electron chi connectivity index (χ0n) is 13.7. The van der Waals surface area contributed by atoms with Gasteiger partial charge >= 0.3 is 5.69 Å². The van der Waals surface area contributed by atoms with Crippen molar-refractivity contribution >= 4 is 21.6 Å². The van der Waals surface area contributed by atoms with Gasteiger partial charge in [-0.25, -0.2) is 4.79 Å². The lowest BCUT2D eigenvalue weighted by Gasteiger charge is -2.13. The number of aliphatic hydroxyl groups is 1. The molecule has 0 saturated heterocycles. The third-order valence-corrected chi connectivity index (χ3v) is 5.15. The zero-order valence-corrected chi connectivity index (χ0v) is 14.5. The highest BCUT2D eigenvalue weighted by Gasteiger charge is 2.17. The normalized spacial score (nSPS) is 12.6. The number of aromatic nitrogens is 2. The first kappa shape index (κ1) is 16.7. The first-order valence-corrected chi connectivity index (χ1v) is 8.80. The van der Waals surface area contributed by atoms with Crippen LogP contribution in [0.5, 0.6) is 0 Å². The van der Waals surface area contributed by atoms with E-state index in [4.69, 9.17) is 0 Å². The smallest absolute Gasteiger partial charge is 0.332 e. The molecule has 6 heteroatoms. The van der Waals surface area contributed by atoms with Crippen molar-refractivity contribution in [3.63, 3.8) is 0 Å². The molecule has 0 unspecified atom stereocenters. The molecular formula is C18H20N2O3S. The van der Waals surface area contributed by atoms with Crippen molar-refractivity contribution in [3.8, 4) is 0 Å². The molecule has 0 radical (unpaired) electrons. The molecular weight excluding hydrogens is 324 g/mol. The van der Waals surface area contributed by atoms with Gasteiger partial charge in [-0.15, -0.1) is 11.3 Å². The quantitative estimate of drug-likeness (QED) is 0.771. The Labute approximate surface area is 143 Å². The van der Waals surface area contributed by atoms with Crippen LogP contribution in [0.15, 0.2) is 45.3 Å². The van der Waals surface area contributed by atoms with Crippen LogP contribution in [0.1, 0.15) is 18.1 Å². The molecule has 5 nitrogen and oxygen atoms in total. The van der Waals surface area contributed by atoms with Crippen molar-refractivity contribution in [2.45, 2.75) is 39.5 Å². The minimum Gasteiger partial charge on any atom is -0.392 e. The lowest BCUT2D eigenvalue weighted by Crippen LogP contribution is -2.42. The van der Waals surface area contributed by atoms with Crippen molar-refractivity contribution in [2.75, 3.05) is 0 Å². The number of aryl methyl sites for hydroxylation is 3. The summed E-state index contributed by atoms with van der Waals surface area (Å²) in [5, 5.41) is 12.1. The molecule has 24 heavy (non-hydrogen) atoms. The Balaban J connectivity index is 2.12. The number of hydrogen-bond donors (Lipinski definition) is 1. The monoisotopic (exact) mass is 344 g/mol. The Bertz CT molecular complexity index is 968. The van der Waals surface area contributed by atoms with Gasteiger partial charge in [-0.1, -0.05) is 30.3 Å². The molecule has 0 saturated carbocycles. The topological polar surface area (TPSA) is 64.2 Å². The van der Waals surface area contributed by atoms with Crippen molar-refractivity contribution in [1.82, 2.24) is 9.13 Å². The van der Waals surface area contributed by atoms with E-state index >= 15 is 0 Å². The molecule has 3 rings (SSSR count). The van der Waals surface area contributed by atoms with E-state index in [0.717, 1.165) is 15.7 Å². The Hall–Kier alpha value is -2.18. The summed E-state index contributed by atoms with van der Waals surface area (Å²) in [6.45, 7) is 3.96. The van der Waals surface area contributed by atoms with Crippen molar-refractivity contribution in [3.05, 3.63) is 67.7 Å². The van der Waals surface area contributed by atoms with Gasteiger partial charge in [0, 0.05) is 6.54 Å². The first-order chi connectivity index (χ1) is 11.5. The molecule has 2 heterocycles. The summed E-state index contributed by atoms with van der Waals surface area (Å²) >= 11 is 1.42. The minimum absolute atomic E-state index is 0.00816. The summed E-state index contributed by atoms with van der Waals surface area (Å²) in [5.74, 6) is 0. The van der Waals surface area contributed by atoms with Crippen LogP contribution in [0.25, 0.3) is 10.2 Å². The SMILES string of the molecule is Cc1csc2c1c(=O)n(C[C@H](C)O)c(=O)n2CCc1ccccc1. The average Bonchev–Trinajstić information content (AvgIpc) is 2.94. The van der Waals surface area contributed by atoms with Gasteiger partial charge in [-0.2, -0.15) is 0 Å². The zero-order chi connectivity index (χ0) is 17.3. The molecule has 126 valence electrons. The highest BCUT2D eigenvalue weighted by atomic mass is 32.1. The Morgan fingerprint density at radius 3 is 2.54 bits per heavy atom. The van der Waals surface area contributed by atoms with E-state index in [9.17, 15) is 14.7 Å². The lowest BCUT2D eigenvalue weighted by atomic mass is 10.1. The summed E-state index contributed by atoms with van der Waals surface area (Å²) in [4.78, 5) is 26.1. The molecule has 0 spiro atoms. The molecule has 1 atom stereocenters. The number of fused-ring (bicyclic) bond motifs is 1. The molecule has 0 amide bonds. The first-order valence-electron chi connectivity index (χ1n) is 7.92. The third kappa shape index (κ3) is 3.07. The molecule has 1 N–H and O–H groups in total. The number of thiophene rings is 1. The van der Waals surface area contributed by atoms with Gasteiger partial charge in [0.15, 0.2) is 0 Å². The fraction of sp³-hybridized carbons (Fsp3) is 0.333. The average molecular weight is 344 g/mol. The molecule has 0 aliphatic heterocycles. The third-order valence-electron chi connectivity index (χ3n) is 4.04. The maximum absolute atomic E-state index is 12.8. The fourth-order valence-corrected chi connectivity index (χ4v) is 3.92. The molecule has 3 aromatic rings. The summed E-state index contributed by atoms with van der Waals surface area (Å²) < 4.78 is 2.81. The van der Waals surface area contributed by atoms with Gasteiger partial charge < -0.3 is 5.11 Å². The second kappa shape index (κ2) is 6.75. The molecule has 0 bridgehead atoms. The van der Waals surface area contributed by atoms with Crippen LogP contribution in [0.3, 0.4) is 0 Å². The highest BCUT2D eigenvalue weighted by Crippen LogP contribution is 2.21. The van der Waals surface area contributed by atoms with E-state index in [1.165, 1.54) is 11.3 Å². The Morgan fingerprint density at radius 2 is 1.88 bits per heavy atom. The Morgan fingerprint density at radius 1 is 1.17 bits per heavy atom. The van der Waals surface area contributed by atoms with Crippen molar-refractivity contribution in [2.24, 2.45) is 0 Å². The van der Waals surface area contributed by atoms with Crippen LogP contribution in [-0.4, -0.2) is 20.3 Å². The number of benzene rings is 1. The Kier molecular flexibility index (Phi) is 4.69. The highest BCUT2D eigenvalue weighted by molar-refractivity contribution is 7.17. The molecule has 0 fully saturated rings. The van der Waals surface area contributed by atoms with Gasteiger partial charge in [0.05, 0.1) is 18.0 Å². The van der Waals surface area contributed by atoms with Gasteiger partial charge in [0.25, 0.3) is 5.56 Å². The summed E-state index contributed by atoms with van der Waals surface area (Å²) in [6, 6.07) is 9.94. The van der Waals surface area contributed by atoms with Crippen LogP contribution in [0.4, 0.5) is 0 Å². The fourth-order valence-electron chi connectivity index (χ4n) is 2.85. The van der Waals surface area contributed by atoms with Gasteiger partial charge in [-0.3, -0.25) is 13.9 Å². The van der Waals surface area contributed by atoms with Crippen molar-refractivity contribution < 1.29 is 5.11 Å². The van der Waals surface area contributed by atoms with Crippen LogP contribution in [0, 0.1) is 6.92 Å². The second-order valence-corrected chi connectivity index (χ2v) is 6.89. The van der Waals surface area contributed by atoms with E-state index in [0.29, 0.717) is 23.2 Å².